The molecule has 0 unspecified atom stereocenters. The van der Waals surface area contributed by atoms with Crippen molar-refractivity contribution in [1.29, 1.82) is 0 Å². The van der Waals surface area contributed by atoms with Gasteiger partial charge in [-0.3, -0.25) is 9.48 Å². The molecule has 2 aliphatic rings. The average molecular weight is 339 g/mol. The quantitative estimate of drug-likeness (QED) is 0.860. The molecule has 0 spiro atoms. The first-order chi connectivity index (χ1) is 12.3. The topological polar surface area (TPSA) is 47.4 Å². The second-order valence-corrected chi connectivity index (χ2v) is 7.07. The summed E-state index contributed by atoms with van der Waals surface area (Å²) >= 11 is 0. The number of amides is 1. The van der Waals surface area contributed by atoms with Gasteiger partial charge in [-0.05, 0) is 67.9 Å². The lowest BCUT2D eigenvalue weighted by molar-refractivity contribution is 0.0684. The molecule has 0 aliphatic carbocycles. The van der Waals surface area contributed by atoms with Gasteiger partial charge in [0.15, 0.2) is 0 Å². The Hall–Kier alpha value is -2.30. The molecule has 0 atom stereocenters. The van der Waals surface area contributed by atoms with E-state index in [1.54, 1.807) is 0 Å². The van der Waals surface area contributed by atoms with Gasteiger partial charge in [0, 0.05) is 37.6 Å². The number of carbonyl (C=O) groups is 1. The summed E-state index contributed by atoms with van der Waals surface area (Å²) in [6, 6.07) is 7.86. The minimum Gasteiger partial charge on any atom is -0.493 e. The highest BCUT2D eigenvalue weighted by atomic mass is 16.5. The van der Waals surface area contributed by atoms with E-state index < -0.39 is 0 Å². The fraction of sp³-hybridized carbons (Fsp3) is 0.500. The number of piperidine rings is 1. The summed E-state index contributed by atoms with van der Waals surface area (Å²) in [6.07, 6.45) is 9.18. The van der Waals surface area contributed by atoms with E-state index in [0.717, 1.165) is 69.7 Å². The lowest BCUT2D eigenvalue weighted by Crippen LogP contribution is -2.38. The number of benzene rings is 1. The summed E-state index contributed by atoms with van der Waals surface area (Å²) in [6.45, 7) is 3.47. The molecule has 1 aromatic carbocycles. The van der Waals surface area contributed by atoms with Crippen LogP contribution in [0, 0.1) is 5.92 Å². The third-order valence-electron chi connectivity index (χ3n) is 5.38. The number of hydrogen-bond acceptors (Lipinski definition) is 3. The van der Waals surface area contributed by atoms with Crippen molar-refractivity contribution in [3.05, 3.63) is 47.8 Å². The number of aryl methyl sites for hydroxylation is 2. The number of carbonyl (C=O) groups excluding carboxylic acids is 1. The van der Waals surface area contributed by atoms with E-state index >= 15 is 0 Å². The second kappa shape index (κ2) is 7.30. The molecule has 2 aromatic rings. The highest BCUT2D eigenvalue weighted by Gasteiger charge is 2.24. The van der Waals surface area contributed by atoms with Crippen LogP contribution in [0.3, 0.4) is 0 Å². The van der Waals surface area contributed by atoms with Crippen molar-refractivity contribution < 1.29 is 9.53 Å². The second-order valence-electron chi connectivity index (χ2n) is 7.07. The Morgan fingerprint density at radius 1 is 1.28 bits per heavy atom. The van der Waals surface area contributed by atoms with Gasteiger partial charge in [0.2, 0.25) is 0 Å². The number of aromatic nitrogens is 2. The summed E-state index contributed by atoms with van der Waals surface area (Å²) in [5.41, 5.74) is 1.98. The lowest BCUT2D eigenvalue weighted by Gasteiger charge is -2.32. The van der Waals surface area contributed by atoms with Crippen molar-refractivity contribution in [2.24, 2.45) is 5.92 Å². The highest BCUT2D eigenvalue weighted by molar-refractivity contribution is 5.94. The maximum absolute atomic E-state index is 12.8. The Morgan fingerprint density at radius 3 is 2.96 bits per heavy atom. The van der Waals surface area contributed by atoms with Crippen molar-refractivity contribution in [2.45, 2.75) is 38.6 Å². The minimum atomic E-state index is 0.166. The molecule has 1 fully saturated rings. The molecule has 2 aliphatic heterocycles. The van der Waals surface area contributed by atoms with Crippen LogP contribution in [0.5, 0.6) is 5.75 Å². The van der Waals surface area contributed by atoms with Crippen molar-refractivity contribution in [3.63, 3.8) is 0 Å². The number of hydrogen-bond donors (Lipinski definition) is 0. The van der Waals surface area contributed by atoms with Crippen LogP contribution in [0.4, 0.5) is 0 Å². The Balaban J connectivity index is 1.32. The van der Waals surface area contributed by atoms with Crippen LogP contribution >= 0.6 is 0 Å². The molecule has 3 heterocycles. The first-order valence-corrected chi connectivity index (χ1v) is 9.32. The maximum Gasteiger partial charge on any atom is 0.253 e. The van der Waals surface area contributed by atoms with Gasteiger partial charge in [0.1, 0.15) is 5.75 Å². The summed E-state index contributed by atoms with van der Waals surface area (Å²) in [7, 11) is 0. The third kappa shape index (κ3) is 3.70. The SMILES string of the molecule is O=C(c1ccc2c(c1)CCCO2)N1CCC(CCn2cccn2)CC1. The summed E-state index contributed by atoms with van der Waals surface area (Å²) in [5.74, 6) is 1.80. The molecule has 5 nitrogen and oxygen atoms in total. The smallest absolute Gasteiger partial charge is 0.253 e. The van der Waals surface area contributed by atoms with Crippen LogP contribution in [0.15, 0.2) is 36.7 Å². The molecule has 1 amide bonds. The monoisotopic (exact) mass is 339 g/mol. The molecule has 0 bridgehead atoms. The molecule has 0 radical (unpaired) electrons. The van der Waals surface area contributed by atoms with Crippen LogP contribution in [-0.2, 0) is 13.0 Å². The van der Waals surface area contributed by atoms with Crippen LogP contribution < -0.4 is 4.74 Å². The fourth-order valence-corrected chi connectivity index (χ4v) is 3.85. The summed E-state index contributed by atoms with van der Waals surface area (Å²) < 4.78 is 7.64. The molecular formula is C20H25N3O2. The van der Waals surface area contributed by atoms with Crippen LogP contribution in [0.2, 0.25) is 0 Å². The van der Waals surface area contributed by atoms with Crippen molar-refractivity contribution in [2.75, 3.05) is 19.7 Å². The molecule has 132 valence electrons. The molecule has 4 rings (SSSR count). The largest absolute Gasteiger partial charge is 0.493 e. The van der Waals surface area contributed by atoms with Crippen molar-refractivity contribution in [3.8, 4) is 5.75 Å². The average Bonchev–Trinajstić information content (AvgIpc) is 3.19. The van der Waals surface area contributed by atoms with E-state index in [1.165, 1.54) is 5.56 Å². The third-order valence-corrected chi connectivity index (χ3v) is 5.38. The molecule has 0 N–H and O–H groups in total. The number of fused-ring (bicyclic) bond motifs is 1. The van der Waals surface area contributed by atoms with Gasteiger partial charge in [0.25, 0.3) is 5.91 Å². The van der Waals surface area contributed by atoms with Gasteiger partial charge < -0.3 is 9.64 Å². The van der Waals surface area contributed by atoms with E-state index in [4.69, 9.17) is 4.74 Å². The van der Waals surface area contributed by atoms with E-state index in [1.807, 2.05) is 46.2 Å². The Morgan fingerprint density at radius 2 is 2.16 bits per heavy atom. The van der Waals surface area contributed by atoms with Gasteiger partial charge in [0.05, 0.1) is 6.61 Å². The number of rotatable bonds is 4. The predicted molar refractivity (Wildman–Crippen MR) is 95.7 cm³/mol. The fourth-order valence-electron chi connectivity index (χ4n) is 3.85. The van der Waals surface area contributed by atoms with E-state index in [-0.39, 0.29) is 5.91 Å². The first kappa shape index (κ1) is 16.2. The van der Waals surface area contributed by atoms with E-state index in [9.17, 15) is 4.79 Å². The van der Waals surface area contributed by atoms with Crippen LogP contribution in [-0.4, -0.2) is 40.3 Å². The zero-order valence-corrected chi connectivity index (χ0v) is 14.6. The Bertz CT molecular complexity index is 719. The van der Waals surface area contributed by atoms with Gasteiger partial charge in [-0.2, -0.15) is 5.10 Å². The normalized spacial score (nSPS) is 17.8. The highest BCUT2D eigenvalue weighted by Crippen LogP contribution is 2.27. The van der Waals surface area contributed by atoms with Crippen LogP contribution in [0.1, 0.15) is 41.6 Å². The van der Waals surface area contributed by atoms with Crippen molar-refractivity contribution >= 4 is 5.91 Å². The maximum atomic E-state index is 12.8. The Labute approximate surface area is 148 Å². The van der Waals surface area contributed by atoms with Crippen LogP contribution in [0.25, 0.3) is 0 Å². The molecule has 1 aromatic heterocycles. The summed E-state index contributed by atoms with van der Waals surface area (Å²) in [5, 5.41) is 4.26. The minimum absolute atomic E-state index is 0.166. The zero-order chi connectivity index (χ0) is 17.1. The summed E-state index contributed by atoms with van der Waals surface area (Å²) in [4.78, 5) is 14.8. The molecule has 1 saturated heterocycles. The zero-order valence-electron chi connectivity index (χ0n) is 14.6. The standard InChI is InChI=1S/C20H25N3O2/c24-20(18-4-5-19-17(15-18)3-1-14-25-19)22-11-6-16(7-12-22)8-13-23-10-2-9-21-23/h2,4-5,9-10,15-16H,1,3,6-8,11-14H2. The van der Waals surface area contributed by atoms with Gasteiger partial charge in [-0.1, -0.05) is 0 Å². The van der Waals surface area contributed by atoms with Crippen molar-refractivity contribution in [1.82, 2.24) is 14.7 Å². The molecule has 0 saturated carbocycles. The number of ether oxygens (including phenoxy) is 1. The first-order valence-electron chi connectivity index (χ1n) is 9.32. The lowest BCUT2D eigenvalue weighted by atomic mass is 9.93. The van der Waals surface area contributed by atoms with E-state index in [0.29, 0.717) is 5.92 Å². The van der Waals surface area contributed by atoms with Gasteiger partial charge in [-0.25, -0.2) is 0 Å². The van der Waals surface area contributed by atoms with Gasteiger partial charge >= 0.3 is 0 Å². The van der Waals surface area contributed by atoms with Gasteiger partial charge in [-0.15, -0.1) is 0 Å². The number of nitrogens with zero attached hydrogens (tertiary/aromatic N) is 3. The van der Waals surface area contributed by atoms with E-state index in [2.05, 4.69) is 5.10 Å². The molecule has 5 heteroatoms. The Kier molecular flexibility index (Phi) is 4.72. The predicted octanol–water partition coefficient (Wildman–Crippen LogP) is 3.15. The molecule has 25 heavy (non-hydrogen) atoms. The number of likely N-dealkylation sites (tertiary alicyclic amines) is 1. The molecular weight excluding hydrogens is 314 g/mol.